The average molecular weight is 449 g/mol. The molecule has 0 aromatic heterocycles. The Bertz CT molecular complexity index is 619. The minimum absolute atomic E-state index is 0.164. The van der Waals surface area contributed by atoms with Crippen LogP contribution in [0.3, 0.4) is 0 Å². The van der Waals surface area contributed by atoms with Crippen LogP contribution in [0.25, 0.3) is 0 Å². The molecule has 1 aromatic rings. The SMILES string of the molecule is C/C=C\CCCC(=O)NCC.O=C(/C=C/C1CCCC1)CCc1ccccc1.[CH2]=[V]. The van der Waals surface area contributed by atoms with Gasteiger partial charge in [0.2, 0.25) is 5.91 Å². The van der Waals surface area contributed by atoms with Crippen molar-refractivity contribution in [3.05, 3.63) is 60.2 Å². The fraction of sp³-hybridized carbons (Fsp3) is 0.500. The third-order valence-electron chi connectivity index (χ3n) is 4.84. The summed E-state index contributed by atoms with van der Waals surface area (Å²) in [7, 11) is 0. The zero-order valence-corrected chi connectivity index (χ0v) is 20.2. The maximum absolute atomic E-state index is 11.7. The standard InChI is InChI=1S/C16H20O.C9H17NO.CH2.V/c17-16(13-11-15-8-4-5-9-15)12-10-14-6-2-1-3-7-14;1-3-5-6-7-8-9(11)10-4-2;;/h1-3,6-7,11,13,15H,4-5,8-10,12H2;3,5H,4,6-8H2,1-2H3,(H,10,11);1H2;/b13-11+;5-3-;;. The molecule has 1 aliphatic carbocycles. The van der Waals surface area contributed by atoms with Gasteiger partial charge >= 0.3 is 22.2 Å². The number of amides is 1. The second-order valence-corrected chi connectivity index (χ2v) is 7.27. The van der Waals surface area contributed by atoms with Crippen molar-refractivity contribution in [2.45, 2.75) is 71.6 Å². The monoisotopic (exact) mass is 448 g/mol. The number of nitrogens with one attached hydrogen (secondary N) is 1. The van der Waals surface area contributed by atoms with Gasteiger partial charge in [0.1, 0.15) is 0 Å². The molecule has 1 fully saturated rings. The van der Waals surface area contributed by atoms with E-state index in [1.165, 1.54) is 31.2 Å². The first-order chi connectivity index (χ1) is 14.7. The van der Waals surface area contributed by atoms with Crippen LogP contribution in [0.4, 0.5) is 0 Å². The van der Waals surface area contributed by atoms with Crippen molar-refractivity contribution in [2.75, 3.05) is 6.54 Å². The summed E-state index contributed by atoms with van der Waals surface area (Å²) in [6.45, 7) is 4.67. The van der Waals surface area contributed by atoms with E-state index in [0.717, 1.165) is 25.8 Å². The van der Waals surface area contributed by atoms with Gasteiger partial charge in [-0.25, -0.2) is 0 Å². The van der Waals surface area contributed by atoms with E-state index < -0.39 is 0 Å². The molecule has 165 valence electrons. The number of rotatable bonds is 10. The fourth-order valence-electron chi connectivity index (χ4n) is 3.22. The summed E-state index contributed by atoms with van der Waals surface area (Å²) in [5, 5.41) is 5.95. The van der Waals surface area contributed by atoms with Crippen LogP contribution >= 0.6 is 0 Å². The molecule has 0 unspecified atom stereocenters. The summed E-state index contributed by atoms with van der Waals surface area (Å²) in [6, 6.07) is 10.2. The van der Waals surface area contributed by atoms with Crippen LogP contribution in [0.15, 0.2) is 54.6 Å². The van der Waals surface area contributed by atoms with Gasteiger partial charge in [0, 0.05) is 19.4 Å². The minimum atomic E-state index is 0.164. The van der Waals surface area contributed by atoms with Gasteiger partial charge in [-0.3, -0.25) is 9.59 Å². The molecule has 0 saturated heterocycles. The number of carbonyl (C=O) groups is 2. The summed E-state index contributed by atoms with van der Waals surface area (Å²) < 4.78 is 0. The van der Waals surface area contributed by atoms with Gasteiger partial charge in [-0.2, -0.15) is 0 Å². The molecule has 0 heterocycles. The first kappa shape index (κ1) is 28.3. The summed E-state index contributed by atoms with van der Waals surface area (Å²) in [4.78, 5) is 22.6. The molecular formula is C26H39NO2V. The van der Waals surface area contributed by atoms with E-state index in [1.807, 2.05) is 38.1 Å². The molecule has 30 heavy (non-hydrogen) atoms. The molecular weight excluding hydrogens is 409 g/mol. The number of hydrogen-bond acceptors (Lipinski definition) is 2. The molecule has 0 atom stereocenters. The predicted molar refractivity (Wildman–Crippen MR) is 125 cm³/mol. The van der Waals surface area contributed by atoms with Gasteiger partial charge in [-0.1, -0.05) is 61.4 Å². The van der Waals surface area contributed by atoms with E-state index in [-0.39, 0.29) is 11.7 Å². The van der Waals surface area contributed by atoms with Crippen LogP contribution in [0.1, 0.15) is 70.8 Å². The van der Waals surface area contributed by atoms with Crippen molar-refractivity contribution in [1.82, 2.24) is 5.32 Å². The number of aryl methyl sites for hydroxylation is 1. The molecule has 4 heteroatoms. The van der Waals surface area contributed by atoms with Crippen molar-refractivity contribution < 1.29 is 26.6 Å². The summed E-state index contributed by atoms with van der Waals surface area (Å²) in [5.74, 6) is 1.09. The van der Waals surface area contributed by atoms with Gasteiger partial charge in [0.05, 0.1) is 0 Å². The Hall–Kier alpha value is -1.71. The Labute approximate surface area is 192 Å². The van der Waals surface area contributed by atoms with E-state index in [9.17, 15) is 9.59 Å². The third-order valence-corrected chi connectivity index (χ3v) is 4.84. The zero-order chi connectivity index (χ0) is 22.5. The molecule has 2 rings (SSSR count). The predicted octanol–water partition coefficient (Wildman–Crippen LogP) is 5.77. The Kier molecular flexibility index (Phi) is 19.4. The topological polar surface area (TPSA) is 46.2 Å². The number of allylic oxidation sites excluding steroid dienone is 4. The first-order valence-corrected chi connectivity index (χ1v) is 12.1. The van der Waals surface area contributed by atoms with Crippen molar-refractivity contribution in [3.8, 4) is 0 Å². The average Bonchev–Trinajstić information content (AvgIpc) is 3.30. The maximum atomic E-state index is 11.7. The van der Waals surface area contributed by atoms with Crippen molar-refractivity contribution in [2.24, 2.45) is 5.92 Å². The molecule has 0 aliphatic heterocycles. The third kappa shape index (κ3) is 16.1. The number of carbonyl (C=O) groups excluding carboxylic acids is 2. The van der Waals surface area contributed by atoms with E-state index in [0.29, 0.717) is 18.8 Å². The summed E-state index contributed by atoms with van der Waals surface area (Å²) in [5.41, 5.74) is 1.25. The molecule has 0 radical (unpaired) electrons. The van der Waals surface area contributed by atoms with Crippen LogP contribution in [-0.4, -0.2) is 23.5 Å². The van der Waals surface area contributed by atoms with Gasteiger partial charge in [-0.05, 0) is 63.5 Å². The van der Waals surface area contributed by atoms with Gasteiger partial charge in [-0.15, -0.1) is 0 Å². The van der Waals surface area contributed by atoms with Crippen LogP contribution in [0.5, 0.6) is 0 Å². The molecule has 0 spiro atoms. The van der Waals surface area contributed by atoms with Crippen LogP contribution in [0.2, 0.25) is 0 Å². The quantitative estimate of drug-likeness (QED) is 0.281. The van der Waals surface area contributed by atoms with E-state index in [2.05, 4.69) is 51.8 Å². The molecule has 1 N–H and O–H groups in total. The van der Waals surface area contributed by atoms with E-state index in [4.69, 9.17) is 0 Å². The Balaban J connectivity index is 0.000000565. The van der Waals surface area contributed by atoms with Gasteiger partial charge in [0.25, 0.3) is 0 Å². The Morgan fingerprint density at radius 1 is 1.13 bits per heavy atom. The second kappa shape index (κ2) is 20.6. The molecule has 1 aromatic carbocycles. The normalized spacial score (nSPS) is 13.4. The summed E-state index contributed by atoms with van der Waals surface area (Å²) >= 11 is 2.06. The number of unbranched alkanes of at least 4 members (excludes halogenated alkanes) is 1. The van der Waals surface area contributed by atoms with Crippen LogP contribution < -0.4 is 5.32 Å². The first-order valence-electron chi connectivity index (χ1n) is 11.1. The molecule has 1 aliphatic rings. The number of benzene rings is 1. The molecule has 1 amide bonds. The number of hydrogen-bond donors (Lipinski definition) is 1. The molecule has 3 nitrogen and oxygen atoms in total. The van der Waals surface area contributed by atoms with E-state index in [1.54, 1.807) is 6.08 Å². The number of ketones is 1. The van der Waals surface area contributed by atoms with Crippen LogP contribution in [-0.2, 0) is 33.0 Å². The van der Waals surface area contributed by atoms with Gasteiger partial charge in [0.15, 0.2) is 5.78 Å². The Morgan fingerprint density at radius 2 is 1.80 bits per heavy atom. The zero-order valence-electron chi connectivity index (χ0n) is 18.8. The van der Waals surface area contributed by atoms with Crippen molar-refractivity contribution >= 4 is 16.9 Å². The van der Waals surface area contributed by atoms with Crippen LogP contribution in [0, 0.1) is 5.92 Å². The van der Waals surface area contributed by atoms with E-state index >= 15 is 0 Å². The fourth-order valence-corrected chi connectivity index (χ4v) is 3.22. The van der Waals surface area contributed by atoms with Gasteiger partial charge < -0.3 is 5.32 Å². The molecule has 1 saturated carbocycles. The van der Waals surface area contributed by atoms with Crippen molar-refractivity contribution in [1.29, 1.82) is 0 Å². The second-order valence-electron chi connectivity index (χ2n) is 7.27. The Morgan fingerprint density at radius 3 is 2.40 bits per heavy atom. The summed E-state index contributed by atoms with van der Waals surface area (Å²) in [6.07, 6.45) is 17.3. The molecule has 0 bridgehead atoms. The van der Waals surface area contributed by atoms with Crippen molar-refractivity contribution in [3.63, 3.8) is 0 Å².